The number of allylic oxidation sites excluding steroid dienone is 1. The Kier molecular flexibility index (Phi) is 6.47. The van der Waals surface area contributed by atoms with Crippen LogP contribution in [0.1, 0.15) is 29.0 Å². The molecule has 202 valence electrons. The Hall–Kier alpha value is -4.35. The predicted octanol–water partition coefficient (Wildman–Crippen LogP) is 5.11. The van der Waals surface area contributed by atoms with Gasteiger partial charge in [-0.3, -0.25) is 34.7 Å². The summed E-state index contributed by atoms with van der Waals surface area (Å²) in [5.74, 6) is 0.0466. The van der Waals surface area contributed by atoms with Gasteiger partial charge in [-0.15, -0.1) is 11.8 Å². The molecule has 6 rings (SSSR count). The molecule has 0 unspecified atom stereocenters. The number of fused-ring (bicyclic) bond motifs is 4. The van der Waals surface area contributed by atoms with Gasteiger partial charge in [0.25, 0.3) is 11.4 Å². The van der Waals surface area contributed by atoms with Gasteiger partial charge in [0.05, 0.1) is 9.85 Å². The summed E-state index contributed by atoms with van der Waals surface area (Å²) in [6, 6.07) is 19.9. The van der Waals surface area contributed by atoms with Crippen LogP contribution in [0.15, 0.2) is 78.9 Å². The number of nitro benzene ring substituents is 2. The third-order valence-corrected chi connectivity index (χ3v) is 9.16. The van der Waals surface area contributed by atoms with Crippen LogP contribution in [-0.4, -0.2) is 44.1 Å². The van der Waals surface area contributed by atoms with E-state index in [-0.39, 0.29) is 41.4 Å². The summed E-state index contributed by atoms with van der Waals surface area (Å²) >= 11 is 1.70. The molecular formula is C29H24N4O6S. The minimum Gasteiger partial charge on any atom is -0.324 e. The van der Waals surface area contributed by atoms with E-state index >= 15 is 0 Å². The fraction of sp³-hybridized carbons (Fsp3) is 0.241. The van der Waals surface area contributed by atoms with E-state index in [1.807, 2.05) is 30.3 Å². The van der Waals surface area contributed by atoms with E-state index in [0.29, 0.717) is 17.1 Å². The van der Waals surface area contributed by atoms with E-state index in [4.69, 9.17) is 0 Å². The van der Waals surface area contributed by atoms with Gasteiger partial charge in [-0.1, -0.05) is 48.5 Å². The molecule has 2 saturated heterocycles. The first-order valence-corrected chi connectivity index (χ1v) is 13.9. The Labute approximate surface area is 233 Å². The first kappa shape index (κ1) is 25.9. The van der Waals surface area contributed by atoms with E-state index in [1.54, 1.807) is 42.1 Å². The second-order valence-electron chi connectivity index (χ2n) is 10.1. The fourth-order valence-corrected chi connectivity index (χ4v) is 7.89. The number of ketones is 1. The van der Waals surface area contributed by atoms with E-state index < -0.39 is 21.3 Å². The molecule has 0 aromatic heterocycles. The summed E-state index contributed by atoms with van der Waals surface area (Å²) in [6.07, 6.45) is 2.95. The number of carbonyl (C=O) groups excluding carboxylic acids is 2. The highest BCUT2D eigenvalue weighted by atomic mass is 32.2. The summed E-state index contributed by atoms with van der Waals surface area (Å²) in [4.78, 5) is 51.5. The van der Waals surface area contributed by atoms with Crippen molar-refractivity contribution in [1.82, 2.24) is 4.90 Å². The monoisotopic (exact) mass is 556 g/mol. The van der Waals surface area contributed by atoms with Crippen molar-refractivity contribution in [2.24, 2.45) is 5.92 Å². The lowest BCUT2D eigenvalue weighted by Gasteiger charge is -2.37. The number of anilines is 1. The lowest BCUT2D eigenvalue weighted by atomic mass is 9.70. The Balaban J connectivity index is 1.44. The number of benzene rings is 3. The van der Waals surface area contributed by atoms with Crippen molar-refractivity contribution in [3.63, 3.8) is 0 Å². The number of thioether (sulfide) groups is 1. The third kappa shape index (κ3) is 4.09. The van der Waals surface area contributed by atoms with Crippen molar-refractivity contribution in [1.29, 1.82) is 0 Å². The van der Waals surface area contributed by atoms with Crippen LogP contribution in [0.3, 0.4) is 0 Å². The largest absolute Gasteiger partial charge is 0.324 e. The van der Waals surface area contributed by atoms with Crippen molar-refractivity contribution in [2.75, 3.05) is 16.9 Å². The quantitative estimate of drug-likeness (QED) is 0.241. The van der Waals surface area contributed by atoms with Crippen LogP contribution in [0, 0.1) is 26.1 Å². The summed E-state index contributed by atoms with van der Waals surface area (Å²) in [7, 11) is 0. The maximum Gasteiger partial charge on any atom is 0.270 e. The molecule has 3 aliphatic heterocycles. The van der Waals surface area contributed by atoms with E-state index in [0.717, 1.165) is 16.9 Å². The number of hydrogen-bond acceptors (Lipinski definition) is 8. The maximum atomic E-state index is 14.0. The molecule has 1 spiro atoms. The normalized spacial score (nSPS) is 25.2. The number of carbonyl (C=O) groups is 2. The summed E-state index contributed by atoms with van der Waals surface area (Å²) in [5.41, 5.74) is 1.51. The van der Waals surface area contributed by atoms with E-state index in [9.17, 15) is 29.8 Å². The van der Waals surface area contributed by atoms with Crippen LogP contribution >= 0.6 is 11.8 Å². The number of amides is 1. The van der Waals surface area contributed by atoms with Crippen LogP contribution in [0.2, 0.25) is 0 Å². The molecule has 0 radical (unpaired) electrons. The molecule has 2 fully saturated rings. The first-order valence-electron chi connectivity index (χ1n) is 12.8. The molecule has 40 heavy (non-hydrogen) atoms. The standard InChI is InChI=1S/C29H24N4O6S/c34-22(12-11-18-5-3-7-20(13-18)32(36)37)15-24-27(19-6-4-8-21(14-19)33(38)39)26-16-40-17-31(26)29(24)23-9-1-2-10-25(23)30-28(29)35/h1-14,24,26-27H,15-17H2,(H,30,35)/b12-11+/t24-,26+,27-,29-/m0/s1. The number of non-ortho nitro benzene ring substituents is 2. The van der Waals surface area contributed by atoms with Gasteiger partial charge < -0.3 is 5.32 Å². The van der Waals surface area contributed by atoms with Gasteiger partial charge >= 0.3 is 0 Å². The zero-order valence-electron chi connectivity index (χ0n) is 21.1. The van der Waals surface area contributed by atoms with E-state index in [1.165, 1.54) is 24.3 Å². The van der Waals surface area contributed by atoms with Crippen LogP contribution in [0.25, 0.3) is 6.08 Å². The zero-order valence-corrected chi connectivity index (χ0v) is 22.0. The topological polar surface area (TPSA) is 136 Å². The molecule has 1 amide bonds. The SMILES string of the molecule is O=C(/C=C/c1cccc([N+](=O)[O-])c1)C[C@H]1[C@H](c2cccc([N+](=O)[O-])c2)[C@H]2CSCN2[C@]12C(=O)Nc1ccccc12. The van der Waals surface area contributed by atoms with Gasteiger partial charge in [0.15, 0.2) is 5.78 Å². The highest BCUT2D eigenvalue weighted by Gasteiger charge is 2.67. The van der Waals surface area contributed by atoms with Crippen molar-refractivity contribution in [3.05, 3.63) is 116 Å². The van der Waals surface area contributed by atoms with Gasteiger partial charge in [0.1, 0.15) is 5.54 Å². The minimum absolute atomic E-state index is 0.0121. The van der Waals surface area contributed by atoms with Gasteiger partial charge in [-0.05, 0) is 23.3 Å². The Morgan fingerprint density at radius 2 is 1.75 bits per heavy atom. The van der Waals surface area contributed by atoms with Crippen LogP contribution in [0.4, 0.5) is 17.1 Å². The second kappa shape index (κ2) is 10.00. The molecule has 0 aliphatic carbocycles. The van der Waals surface area contributed by atoms with Crippen LogP contribution < -0.4 is 5.32 Å². The van der Waals surface area contributed by atoms with Gasteiger partial charge in [-0.25, -0.2) is 0 Å². The van der Waals surface area contributed by atoms with Crippen LogP contribution in [0.5, 0.6) is 0 Å². The molecule has 10 nitrogen and oxygen atoms in total. The Morgan fingerprint density at radius 3 is 2.52 bits per heavy atom. The smallest absolute Gasteiger partial charge is 0.270 e. The summed E-state index contributed by atoms with van der Waals surface area (Å²) in [6.45, 7) is 0. The maximum absolute atomic E-state index is 14.0. The number of nitro groups is 2. The predicted molar refractivity (Wildman–Crippen MR) is 151 cm³/mol. The van der Waals surface area contributed by atoms with Crippen molar-refractivity contribution in [2.45, 2.75) is 23.9 Å². The Bertz CT molecular complexity index is 1590. The van der Waals surface area contributed by atoms with Crippen molar-refractivity contribution >= 4 is 46.6 Å². The molecule has 0 bridgehead atoms. The summed E-state index contributed by atoms with van der Waals surface area (Å²) in [5, 5.41) is 25.8. The average Bonchev–Trinajstić information content (AvgIpc) is 3.61. The second-order valence-corrected chi connectivity index (χ2v) is 11.1. The molecule has 3 aliphatic rings. The zero-order chi connectivity index (χ0) is 28.0. The average molecular weight is 557 g/mol. The number of para-hydroxylation sites is 1. The molecule has 1 N–H and O–H groups in total. The molecule has 3 aromatic rings. The number of nitrogens with zero attached hydrogens (tertiary/aromatic N) is 3. The fourth-order valence-electron chi connectivity index (χ4n) is 6.57. The number of hydrogen-bond donors (Lipinski definition) is 1. The molecule has 3 heterocycles. The lowest BCUT2D eigenvalue weighted by molar-refractivity contribution is -0.385. The summed E-state index contributed by atoms with van der Waals surface area (Å²) < 4.78 is 0. The third-order valence-electron chi connectivity index (χ3n) is 8.12. The molecular weight excluding hydrogens is 532 g/mol. The van der Waals surface area contributed by atoms with Gasteiger partial charge in [0.2, 0.25) is 5.91 Å². The molecule has 3 aromatic carbocycles. The molecule has 11 heteroatoms. The van der Waals surface area contributed by atoms with Crippen molar-refractivity contribution < 1.29 is 19.4 Å². The lowest BCUT2D eigenvalue weighted by Crippen LogP contribution is -2.51. The highest BCUT2D eigenvalue weighted by molar-refractivity contribution is 7.99. The molecule has 0 saturated carbocycles. The Morgan fingerprint density at radius 1 is 1.02 bits per heavy atom. The number of rotatable bonds is 7. The van der Waals surface area contributed by atoms with E-state index in [2.05, 4.69) is 10.2 Å². The van der Waals surface area contributed by atoms with Crippen molar-refractivity contribution in [3.8, 4) is 0 Å². The van der Waals surface area contributed by atoms with Gasteiger partial charge in [0, 0.05) is 71.4 Å². The van der Waals surface area contributed by atoms with Gasteiger partial charge in [-0.2, -0.15) is 0 Å². The number of nitrogens with one attached hydrogen (secondary N) is 1. The highest BCUT2D eigenvalue weighted by Crippen LogP contribution is 2.61. The first-order chi connectivity index (χ1) is 19.3. The minimum atomic E-state index is -1.12. The molecule has 4 atom stereocenters. The van der Waals surface area contributed by atoms with Crippen LogP contribution in [-0.2, 0) is 15.1 Å².